The summed E-state index contributed by atoms with van der Waals surface area (Å²) in [4.78, 5) is 10.6. The van der Waals surface area contributed by atoms with Crippen LogP contribution in [-0.4, -0.2) is 70.6 Å². The standard InChI is InChI=1S/C12H25NO6/c1-2-4-18-11-19-9-8-17-7-6-16-5-3-13-12(15)10-14/h14H,2-11H2,1H3,(H,13,15). The van der Waals surface area contributed by atoms with Crippen LogP contribution in [0.4, 0.5) is 0 Å². The van der Waals surface area contributed by atoms with Gasteiger partial charge in [0.05, 0.1) is 33.0 Å². The van der Waals surface area contributed by atoms with Gasteiger partial charge in [-0.15, -0.1) is 0 Å². The molecule has 0 radical (unpaired) electrons. The number of ether oxygens (including phenoxy) is 4. The molecule has 0 fully saturated rings. The predicted molar refractivity (Wildman–Crippen MR) is 68.8 cm³/mol. The normalized spacial score (nSPS) is 10.6. The van der Waals surface area contributed by atoms with E-state index in [2.05, 4.69) is 5.32 Å². The lowest BCUT2D eigenvalue weighted by Crippen LogP contribution is -2.29. The zero-order chi connectivity index (χ0) is 14.2. The molecule has 0 atom stereocenters. The fourth-order valence-electron chi connectivity index (χ4n) is 1.08. The SMILES string of the molecule is CCCOCOCCOCCOCCNC(=O)CO. The Morgan fingerprint density at radius 2 is 1.53 bits per heavy atom. The Morgan fingerprint density at radius 3 is 2.16 bits per heavy atom. The van der Waals surface area contributed by atoms with E-state index in [1.165, 1.54) is 0 Å². The van der Waals surface area contributed by atoms with Crippen LogP contribution in [0.1, 0.15) is 13.3 Å². The van der Waals surface area contributed by atoms with E-state index in [4.69, 9.17) is 24.1 Å². The quantitative estimate of drug-likeness (QED) is 0.330. The minimum absolute atomic E-state index is 0.304. The zero-order valence-electron chi connectivity index (χ0n) is 11.6. The van der Waals surface area contributed by atoms with Crippen molar-refractivity contribution in [2.75, 3.05) is 59.6 Å². The summed E-state index contributed by atoms with van der Waals surface area (Å²) in [7, 11) is 0. The van der Waals surface area contributed by atoms with Crippen LogP contribution in [0.25, 0.3) is 0 Å². The van der Waals surface area contributed by atoms with Gasteiger partial charge in [-0.2, -0.15) is 0 Å². The second-order valence-corrected chi connectivity index (χ2v) is 3.67. The number of carbonyl (C=O) groups is 1. The van der Waals surface area contributed by atoms with Gasteiger partial charge in [0.2, 0.25) is 5.91 Å². The highest BCUT2D eigenvalue weighted by atomic mass is 16.7. The molecule has 0 saturated heterocycles. The number of hydrogen-bond acceptors (Lipinski definition) is 6. The van der Waals surface area contributed by atoms with Gasteiger partial charge in [0.25, 0.3) is 0 Å². The molecule has 0 aromatic heterocycles. The van der Waals surface area contributed by atoms with Gasteiger partial charge in [0, 0.05) is 13.2 Å². The van der Waals surface area contributed by atoms with E-state index in [9.17, 15) is 4.79 Å². The lowest BCUT2D eigenvalue weighted by Gasteiger charge is -2.07. The van der Waals surface area contributed by atoms with Gasteiger partial charge in [0.15, 0.2) is 0 Å². The van der Waals surface area contributed by atoms with Crippen LogP contribution < -0.4 is 5.32 Å². The maximum absolute atomic E-state index is 10.6. The summed E-state index contributed by atoms with van der Waals surface area (Å²) < 4.78 is 20.7. The van der Waals surface area contributed by atoms with Crippen LogP contribution >= 0.6 is 0 Å². The summed E-state index contributed by atoms with van der Waals surface area (Å²) in [6, 6.07) is 0. The molecule has 0 spiro atoms. The number of nitrogens with one attached hydrogen (secondary N) is 1. The first kappa shape index (κ1) is 18.3. The molecule has 0 saturated carbocycles. The first-order chi connectivity index (χ1) is 9.31. The van der Waals surface area contributed by atoms with Crippen molar-refractivity contribution >= 4 is 5.91 Å². The third-order valence-corrected chi connectivity index (χ3v) is 1.97. The van der Waals surface area contributed by atoms with E-state index in [-0.39, 0.29) is 0 Å². The lowest BCUT2D eigenvalue weighted by molar-refractivity contribution is -0.124. The van der Waals surface area contributed by atoms with E-state index >= 15 is 0 Å². The number of aliphatic hydroxyl groups is 1. The summed E-state index contributed by atoms with van der Waals surface area (Å²) in [5.41, 5.74) is 0. The van der Waals surface area contributed by atoms with Crippen molar-refractivity contribution in [1.82, 2.24) is 5.32 Å². The Morgan fingerprint density at radius 1 is 0.947 bits per heavy atom. The first-order valence-electron chi connectivity index (χ1n) is 6.49. The van der Waals surface area contributed by atoms with Crippen LogP contribution in [0.15, 0.2) is 0 Å². The predicted octanol–water partition coefficient (Wildman–Crippen LogP) is -0.471. The van der Waals surface area contributed by atoms with Crippen LogP contribution in [-0.2, 0) is 23.7 Å². The molecule has 0 aromatic carbocycles. The fraction of sp³-hybridized carbons (Fsp3) is 0.917. The van der Waals surface area contributed by atoms with E-state index < -0.39 is 12.5 Å². The Bertz CT molecular complexity index is 203. The molecular weight excluding hydrogens is 254 g/mol. The largest absolute Gasteiger partial charge is 0.387 e. The molecular formula is C12H25NO6. The van der Waals surface area contributed by atoms with E-state index in [0.717, 1.165) is 6.42 Å². The molecule has 0 aliphatic heterocycles. The van der Waals surface area contributed by atoms with Crippen LogP contribution in [0.2, 0.25) is 0 Å². The van der Waals surface area contributed by atoms with Crippen molar-refractivity contribution in [2.24, 2.45) is 0 Å². The molecule has 0 aliphatic carbocycles. The van der Waals surface area contributed by atoms with E-state index in [1.807, 2.05) is 6.92 Å². The number of hydrogen-bond donors (Lipinski definition) is 2. The van der Waals surface area contributed by atoms with Gasteiger partial charge in [-0.25, -0.2) is 0 Å². The molecule has 0 unspecified atom stereocenters. The Labute approximate surface area is 114 Å². The highest BCUT2D eigenvalue weighted by molar-refractivity contribution is 5.76. The molecule has 1 amide bonds. The van der Waals surface area contributed by atoms with Crippen LogP contribution in [0, 0.1) is 0 Å². The number of carbonyl (C=O) groups excluding carboxylic acids is 1. The number of aliphatic hydroxyl groups excluding tert-OH is 1. The smallest absolute Gasteiger partial charge is 0.245 e. The molecule has 114 valence electrons. The summed E-state index contributed by atoms with van der Waals surface area (Å²) in [5.74, 6) is -0.401. The van der Waals surface area contributed by atoms with Gasteiger partial charge in [0.1, 0.15) is 13.4 Å². The van der Waals surface area contributed by atoms with Crippen LogP contribution in [0.3, 0.4) is 0 Å². The highest BCUT2D eigenvalue weighted by Gasteiger charge is 1.96. The van der Waals surface area contributed by atoms with E-state index in [0.29, 0.717) is 53.0 Å². The lowest BCUT2D eigenvalue weighted by atomic mass is 10.5. The third-order valence-electron chi connectivity index (χ3n) is 1.97. The summed E-state index contributed by atoms with van der Waals surface area (Å²) >= 11 is 0. The molecule has 7 nitrogen and oxygen atoms in total. The van der Waals surface area contributed by atoms with Gasteiger partial charge in [-0.1, -0.05) is 6.92 Å². The fourth-order valence-corrected chi connectivity index (χ4v) is 1.08. The van der Waals surface area contributed by atoms with Gasteiger partial charge in [-0.05, 0) is 6.42 Å². The van der Waals surface area contributed by atoms with Crippen LogP contribution in [0.5, 0.6) is 0 Å². The highest BCUT2D eigenvalue weighted by Crippen LogP contribution is 1.84. The van der Waals surface area contributed by atoms with Crippen molar-refractivity contribution in [3.8, 4) is 0 Å². The molecule has 7 heteroatoms. The monoisotopic (exact) mass is 279 g/mol. The Balaban J connectivity index is 2.97. The first-order valence-corrected chi connectivity index (χ1v) is 6.49. The van der Waals surface area contributed by atoms with E-state index in [1.54, 1.807) is 0 Å². The second kappa shape index (κ2) is 15.3. The van der Waals surface area contributed by atoms with Gasteiger partial charge in [-0.3, -0.25) is 4.79 Å². The van der Waals surface area contributed by atoms with Gasteiger partial charge < -0.3 is 29.4 Å². The second-order valence-electron chi connectivity index (χ2n) is 3.67. The van der Waals surface area contributed by atoms with Crippen molar-refractivity contribution in [2.45, 2.75) is 13.3 Å². The molecule has 0 rings (SSSR count). The zero-order valence-corrected chi connectivity index (χ0v) is 11.6. The average Bonchev–Trinajstić information content (AvgIpc) is 2.43. The van der Waals surface area contributed by atoms with Crippen molar-refractivity contribution in [1.29, 1.82) is 0 Å². The summed E-state index contributed by atoms with van der Waals surface area (Å²) in [6.07, 6.45) is 0.982. The Hall–Kier alpha value is -0.730. The summed E-state index contributed by atoms with van der Waals surface area (Å²) in [6.45, 7) is 5.28. The number of rotatable bonds is 14. The van der Waals surface area contributed by atoms with Crippen molar-refractivity contribution < 1.29 is 28.8 Å². The minimum atomic E-state index is -0.495. The Kier molecular flexibility index (Phi) is 14.7. The maximum atomic E-state index is 10.6. The average molecular weight is 279 g/mol. The molecule has 0 aliphatic rings. The van der Waals surface area contributed by atoms with Crippen molar-refractivity contribution in [3.63, 3.8) is 0 Å². The minimum Gasteiger partial charge on any atom is -0.387 e. The third kappa shape index (κ3) is 15.2. The maximum Gasteiger partial charge on any atom is 0.245 e. The van der Waals surface area contributed by atoms with Crippen molar-refractivity contribution in [3.05, 3.63) is 0 Å². The molecule has 2 N–H and O–H groups in total. The molecule has 0 bridgehead atoms. The molecule has 19 heavy (non-hydrogen) atoms. The summed E-state index contributed by atoms with van der Waals surface area (Å²) in [5, 5.41) is 10.9. The molecule has 0 heterocycles. The number of amides is 1. The van der Waals surface area contributed by atoms with Gasteiger partial charge >= 0.3 is 0 Å². The topological polar surface area (TPSA) is 86.3 Å². The molecule has 0 aromatic rings.